The van der Waals surface area contributed by atoms with Crippen LogP contribution in [0.25, 0.3) is 0 Å². The average Bonchev–Trinajstić information content (AvgIpc) is 3.16. The van der Waals surface area contributed by atoms with E-state index in [4.69, 9.17) is 16.3 Å². The minimum atomic E-state index is -0.751. The predicted molar refractivity (Wildman–Crippen MR) is 105 cm³/mol. The van der Waals surface area contributed by atoms with E-state index in [1.165, 1.54) is 23.1 Å². The van der Waals surface area contributed by atoms with Crippen LogP contribution in [-0.4, -0.2) is 36.8 Å². The maximum atomic E-state index is 12.2. The molecule has 1 saturated heterocycles. The smallest absolute Gasteiger partial charge is 0.338 e. The van der Waals surface area contributed by atoms with Crippen LogP contribution in [-0.2, 0) is 14.3 Å². The SMILES string of the molecule is O=C(COC(=O)c1ccc(Cl)c(N2CCCC2=O)c1)NNC(=O)c1ccccc1. The summed E-state index contributed by atoms with van der Waals surface area (Å²) in [5, 5.41) is 0.346. The highest BCUT2D eigenvalue weighted by Crippen LogP contribution is 2.30. The van der Waals surface area contributed by atoms with Gasteiger partial charge in [0.15, 0.2) is 6.61 Å². The number of ether oxygens (including phenoxy) is 1. The van der Waals surface area contributed by atoms with Crippen LogP contribution >= 0.6 is 11.6 Å². The molecule has 2 aromatic carbocycles. The molecular weight excluding hydrogens is 398 g/mol. The fourth-order valence-electron chi connectivity index (χ4n) is 2.79. The van der Waals surface area contributed by atoms with Gasteiger partial charge in [0.25, 0.3) is 11.8 Å². The van der Waals surface area contributed by atoms with Gasteiger partial charge in [0.1, 0.15) is 0 Å². The quantitative estimate of drug-likeness (QED) is 0.574. The Balaban J connectivity index is 1.53. The second kappa shape index (κ2) is 9.20. The molecule has 1 heterocycles. The molecule has 0 saturated carbocycles. The largest absolute Gasteiger partial charge is 0.452 e. The molecule has 1 aliphatic rings. The van der Waals surface area contributed by atoms with Crippen molar-refractivity contribution in [3.05, 3.63) is 64.7 Å². The lowest BCUT2D eigenvalue weighted by Gasteiger charge is -2.18. The summed E-state index contributed by atoms with van der Waals surface area (Å²) in [5.74, 6) is -2.01. The summed E-state index contributed by atoms with van der Waals surface area (Å²) in [4.78, 5) is 49.3. The van der Waals surface area contributed by atoms with Gasteiger partial charge in [-0.3, -0.25) is 25.2 Å². The van der Waals surface area contributed by atoms with Gasteiger partial charge >= 0.3 is 5.97 Å². The summed E-state index contributed by atoms with van der Waals surface area (Å²) in [6.07, 6.45) is 1.15. The molecular formula is C20H18ClN3O5. The van der Waals surface area contributed by atoms with Crippen LogP contribution in [0.1, 0.15) is 33.6 Å². The first-order chi connectivity index (χ1) is 14.0. The first-order valence-electron chi connectivity index (χ1n) is 8.87. The third-order valence-electron chi connectivity index (χ3n) is 4.23. The fraction of sp³-hybridized carbons (Fsp3) is 0.200. The maximum absolute atomic E-state index is 12.2. The number of hydrogen-bond acceptors (Lipinski definition) is 5. The van der Waals surface area contributed by atoms with Crippen molar-refractivity contribution >= 4 is 41.0 Å². The van der Waals surface area contributed by atoms with Gasteiger partial charge in [0.05, 0.1) is 16.3 Å². The van der Waals surface area contributed by atoms with Gasteiger partial charge in [0.2, 0.25) is 5.91 Å². The number of amides is 3. The average molecular weight is 416 g/mol. The molecule has 0 radical (unpaired) electrons. The van der Waals surface area contributed by atoms with Crippen molar-refractivity contribution in [1.82, 2.24) is 10.9 Å². The van der Waals surface area contributed by atoms with Crippen LogP contribution in [0.2, 0.25) is 5.02 Å². The highest BCUT2D eigenvalue weighted by atomic mass is 35.5. The molecule has 0 unspecified atom stereocenters. The minimum absolute atomic E-state index is 0.0639. The maximum Gasteiger partial charge on any atom is 0.338 e. The first-order valence-corrected chi connectivity index (χ1v) is 9.25. The molecule has 29 heavy (non-hydrogen) atoms. The van der Waals surface area contributed by atoms with Crippen LogP contribution in [0.15, 0.2) is 48.5 Å². The lowest BCUT2D eigenvalue weighted by atomic mass is 10.2. The number of halogens is 1. The lowest BCUT2D eigenvalue weighted by molar-refractivity contribution is -0.125. The third-order valence-corrected chi connectivity index (χ3v) is 4.55. The molecule has 2 aromatic rings. The van der Waals surface area contributed by atoms with Crippen molar-refractivity contribution in [3.8, 4) is 0 Å². The number of hydrazine groups is 1. The van der Waals surface area contributed by atoms with E-state index in [2.05, 4.69) is 10.9 Å². The summed E-state index contributed by atoms with van der Waals surface area (Å²) in [5.41, 5.74) is 5.36. The van der Waals surface area contributed by atoms with Crippen molar-refractivity contribution in [3.63, 3.8) is 0 Å². The van der Waals surface area contributed by atoms with E-state index in [0.29, 0.717) is 29.2 Å². The highest BCUT2D eigenvalue weighted by molar-refractivity contribution is 6.34. The van der Waals surface area contributed by atoms with Gasteiger partial charge in [-0.1, -0.05) is 29.8 Å². The van der Waals surface area contributed by atoms with Crippen LogP contribution in [0.4, 0.5) is 5.69 Å². The van der Waals surface area contributed by atoms with Gasteiger partial charge < -0.3 is 9.64 Å². The molecule has 0 aromatic heterocycles. The number of nitrogens with zero attached hydrogens (tertiary/aromatic N) is 1. The Morgan fingerprint density at radius 3 is 2.48 bits per heavy atom. The van der Waals surface area contributed by atoms with E-state index < -0.39 is 24.4 Å². The molecule has 8 nitrogen and oxygen atoms in total. The summed E-state index contributed by atoms with van der Waals surface area (Å²) in [6, 6.07) is 12.7. The van der Waals surface area contributed by atoms with E-state index >= 15 is 0 Å². The Bertz CT molecular complexity index is 948. The number of esters is 1. The van der Waals surface area contributed by atoms with Gasteiger partial charge in [-0.25, -0.2) is 4.79 Å². The van der Waals surface area contributed by atoms with E-state index in [1.807, 2.05) is 0 Å². The van der Waals surface area contributed by atoms with Gasteiger partial charge in [0, 0.05) is 18.5 Å². The number of anilines is 1. The number of carbonyl (C=O) groups is 4. The third kappa shape index (κ3) is 5.11. The molecule has 0 aliphatic carbocycles. The Kier molecular flexibility index (Phi) is 6.46. The van der Waals surface area contributed by atoms with Crippen molar-refractivity contribution in [2.24, 2.45) is 0 Å². The monoisotopic (exact) mass is 415 g/mol. The molecule has 150 valence electrons. The number of nitrogens with one attached hydrogen (secondary N) is 2. The van der Waals surface area contributed by atoms with Gasteiger partial charge in [-0.05, 0) is 36.8 Å². The van der Waals surface area contributed by atoms with Crippen molar-refractivity contribution in [1.29, 1.82) is 0 Å². The number of rotatable bonds is 5. The van der Waals surface area contributed by atoms with Crippen molar-refractivity contribution in [2.75, 3.05) is 18.1 Å². The fourth-order valence-corrected chi connectivity index (χ4v) is 3.01. The molecule has 0 bridgehead atoms. The number of hydrogen-bond donors (Lipinski definition) is 2. The normalized spacial score (nSPS) is 13.1. The molecule has 3 rings (SSSR count). The zero-order valence-electron chi connectivity index (χ0n) is 15.3. The van der Waals surface area contributed by atoms with E-state index in [9.17, 15) is 19.2 Å². The molecule has 0 spiro atoms. The summed E-state index contributed by atoms with van der Waals surface area (Å²) < 4.78 is 4.96. The lowest BCUT2D eigenvalue weighted by Crippen LogP contribution is -2.43. The zero-order valence-corrected chi connectivity index (χ0v) is 16.1. The second-order valence-electron chi connectivity index (χ2n) is 6.26. The minimum Gasteiger partial charge on any atom is -0.452 e. The van der Waals surface area contributed by atoms with Crippen LogP contribution in [0.3, 0.4) is 0 Å². The highest BCUT2D eigenvalue weighted by Gasteiger charge is 2.24. The Labute approximate surface area is 171 Å². The molecule has 3 amide bonds. The van der Waals surface area contributed by atoms with E-state index in [0.717, 1.165) is 6.42 Å². The van der Waals surface area contributed by atoms with Crippen LogP contribution < -0.4 is 15.8 Å². The number of benzene rings is 2. The van der Waals surface area contributed by atoms with Crippen molar-refractivity contribution < 1.29 is 23.9 Å². The molecule has 1 aliphatic heterocycles. The van der Waals surface area contributed by atoms with E-state index in [1.54, 1.807) is 30.3 Å². The Morgan fingerprint density at radius 1 is 1.03 bits per heavy atom. The van der Waals surface area contributed by atoms with Crippen LogP contribution in [0.5, 0.6) is 0 Å². The van der Waals surface area contributed by atoms with Crippen molar-refractivity contribution in [2.45, 2.75) is 12.8 Å². The Morgan fingerprint density at radius 2 is 1.79 bits per heavy atom. The molecule has 9 heteroatoms. The Hall–Kier alpha value is -3.39. The molecule has 1 fully saturated rings. The standard InChI is InChI=1S/C20H18ClN3O5/c21-15-9-8-14(11-16(15)24-10-4-7-18(24)26)20(28)29-12-17(25)22-23-19(27)13-5-2-1-3-6-13/h1-3,5-6,8-9,11H,4,7,10,12H2,(H,22,25)(H,23,27). The number of carbonyl (C=O) groups excluding carboxylic acids is 4. The summed E-state index contributed by atoms with van der Waals surface area (Å²) in [6.45, 7) is -0.0604. The topological polar surface area (TPSA) is 105 Å². The summed E-state index contributed by atoms with van der Waals surface area (Å²) in [7, 11) is 0. The first kappa shape index (κ1) is 20.3. The predicted octanol–water partition coefficient (Wildman–Crippen LogP) is 2.08. The second-order valence-corrected chi connectivity index (χ2v) is 6.67. The van der Waals surface area contributed by atoms with E-state index in [-0.39, 0.29) is 11.5 Å². The van der Waals surface area contributed by atoms with Gasteiger partial charge in [-0.15, -0.1) is 0 Å². The zero-order chi connectivity index (χ0) is 20.8. The van der Waals surface area contributed by atoms with Crippen LogP contribution in [0, 0.1) is 0 Å². The van der Waals surface area contributed by atoms with Gasteiger partial charge in [-0.2, -0.15) is 0 Å². The summed E-state index contributed by atoms with van der Waals surface area (Å²) >= 11 is 6.14. The molecule has 2 N–H and O–H groups in total. The molecule has 0 atom stereocenters.